The fourth-order valence-electron chi connectivity index (χ4n) is 2.52. The summed E-state index contributed by atoms with van der Waals surface area (Å²) in [6.07, 6.45) is 2.89. The van der Waals surface area contributed by atoms with E-state index in [9.17, 15) is 0 Å². The first-order valence-corrected chi connectivity index (χ1v) is 8.78. The molecule has 4 nitrogen and oxygen atoms in total. The van der Waals surface area contributed by atoms with Gasteiger partial charge in [-0.25, -0.2) is 0 Å². The molecular formula is C20H22N4S. The maximum atomic E-state index is 5.33. The topological polar surface area (TPSA) is 41.9 Å². The van der Waals surface area contributed by atoms with Gasteiger partial charge >= 0.3 is 0 Å². The highest BCUT2D eigenvalue weighted by Crippen LogP contribution is 2.08. The lowest BCUT2D eigenvalue weighted by Crippen LogP contribution is -2.30. The number of aryl methyl sites for hydroxylation is 1. The summed E-state index contributed by atoms with van der Waals surface area (Å²) in [5, 5.41) is 11.5. The molecule has 3 aromatic rings. The largest absolute Gasteiger partial charge is 0.362 e. The minimum Gasteiger partial charge on any atom is -0.362 e. The second-order valence-corrected chi connectivity index (χ2v) is 6.41. The molecule has 0 saturated carbocycles. The molecule has 3 rings (SSSR count). The molecule has 0 aliphatic carbocycles. The molecule has 0 aliphatic rings. The monoisotopic (exact) mass is 350 g/mol. The molecule has 0 aliphatic heterocycles. The molecule has 25 heavy (non-hydrogen) atoms. The Morgan fingerprint density at radius 1 is 1.00 bits per heavy atom. The summed E-state index contributed by atoms with van der Waals surface area (Å²) in [7, 11) is 0. The third-order valence-corrected chi connectivity index (χ3v) is 4.14. The van der Waals surface area contributed by atoms with Crippen molar-refractivity contribution < 1.29 is 0 Å². The zero-order valence-corrected chi connectivity index (χ0v) is 15.1. The normalized spacial score (nSPS) is 10.4. The Bertz CT molecular complexity index is 809. The minimum atomic E-state index is 0.594. The Kier molecular flexibility index (Phi) is 5.80. The van der Waals surface area contributed by atoms with Crippen LogP contribution < -0.4 is 10.6 Å². The molecule has 2 aromatic carbocycles. The van der Waals surface area contributed by atoms with Gasteiger partial charge in [0, 0.05) is 18.8 Å². The number of aromatic nitrogens is 2. The first-order chi connectivity index (χ1) is 12.2. The highest BCUT2D eigenvalue weighted by atomic mass is 32.1. The SMILES string of the molecule is Cc1ccc(Cn2ccc(NC(=S)NCCc3ccccc3)n2)cc1. The molecular weight excluding hydrogens is 328 g/mol. The van der Waals surface area contributed by atoms with E-state index in [-0.39, 0.29) is 0 Å². The van der Waals surface area contributed by atoms with E-state index in [2.05, 4.69) is 59.1 Å². The van der Waals surface area contributed by atoms with Crippen LogP contribution in [0.15, 0.2) is 66.9 Å². The van der Waals surface area contributed by atoms with Crippen molar-refractivity contribution in [2.75, 3.05) is 11.9 Å². The van der Waals surface area contributed by atoms with Gasteiger partial charge in [0.05, 0.1) is 6.54 Å². The number of nitrogens with one attached hydrogen (secondary N) is 2. The van der Waals surface area contributed by atoms with Crippen LogP contribution in [0, 0.1) is 6.92 Å². The Labute approximate surface area is 153 Å². The molecule has 0 unspecified atom stereocenters. The van der Waals surface area contributed by atoms with Crippen LogP contribution in [0.3, 0.4) is 0 Å². The first-order valence-electron chi connectivity index (χ1n) is 8.37. The van der Waals surface area contributed by atoms with Crippen LogP contribution in [-0.4, -0.2) is 21.4 Å². The fourth-order valence-corrected chi connectivity index (χ4v) is 2.73. The lowest BCUT2D eigenvalue weighted by molar-refractivity contribution is 0.689. The molecule has 0 amide bonds. The van der Waals surface area contributed by atoms with Gasteiger partial charge in [-0.1, -0.05) is 60.2 Å². The van der Waals surface area contributed by atoms with Crippen LogP contribution in [0.5, 0.6) is 0 Å². The molecule has 0 bridgehead atoms. The van der Waals surface area contributed by atoms with E-state index in [4.69, 9.17) is 12.2 Å². The van der Waals surface area contributed by atoms with E-state index in [1.165, 1.54) is 16.7 Å². The van der Waals surface area contributed by atoms with Gasteiger partial charge in [-0.3, -0.25) is 4.68 Å². The second kappa shape index (κ2) is 8.44. The Hall–Kier alpha value is -2.66. The van der Waals surface area contributed by atoms with Crippen LogP contribution >= 0.6 is 12.2 Å². The van der Waals surface area contributed by atoms with Gasteiger partial charge < -0.3 is 10.6 Å². The van der Waals surface area contributed by atoms with Gasteiger partial charge in [-0.2, -0.15) is 5.10 Å². The number of thiocarbonyl (C=S) groups is 1. The molecule has 2 N–H and O–H groups in total. The van der Waals surface area contributed by atoms with Crippen molar-refractivity contribution in [3.63, 3.8) is 0 Å². The van der Waals surface area contributed by atoms with E-state index >= 15 is 0 Å². The van der Waals surface area contributed by atoms with Crippen molar-refractivity contribution in [1.29, 1.82) is 0 Å². The number of rotatable bonds is 6. The van der Waals surface area contributed by atoms with E-state index in [0.717, 1.165) is 25.3 Å². The maximum Gasteiger partial charge on any atom is 0.172 e. The summed E-state index contributed by atoms with van der Waals surface area (Å²) in [4.78, 5) is 0. The highest BCUT2D eigenvalue weighted by Gasteiger charge is 2.02. The summed E-state index contributed by atoms with van der Waals surface area (Å²) in [6, 6.07) is 20.8. The van der Waals surface area contributed by atoms with Gasteiger partial charge in [-0.05, 0) is 36.7 Å². The van der Waals surface area contributed by atoms with Crippen molar-refractivity contribution in [3.8, 4) is 0 Å². The fraction of sp³-hybridized carbons (Fsp3) is 0.200. The van der Waals surface area contributed by atoms with Crippen molar-refractivity contribution in [2.45, 2.75) is 19.9 Å². The average Bonchev–Trinajstić information content (AvgIpc) is 3.05. The molecule has 0 fully saturated rings. The van der Waals surface area contributed by atoms with Gasteiger partial charge in [0.15, 0.2) is 10.9 Å². The zero-order chi connectivity index (χ0) is 17.5. The molecule has 1 heterocycles. The Balaban J connectivity index is 1.45. The summed E-state index contributed by atoms with van der Waals surface area (Å²) in [5.41, 5.74) is 3.78. The van der Waals surface area contributed by atoms with Crippen LogP contribution in [0.1, 0.15) is 16.7 Å². The molecule has 1 aromatic heterocycles. The smallest absolute Gasteiger partial charge is 0.172 e. The number of benzene rings is 2. The van der Waals surface area contributed by atoms with Crippen LogP contribution in [0.4, 0.5) is 5.82 Å². The molecule has 5 heteroatoms. The third kappa shape index (κ3) is 5.43. The standard InChI is InChI=1S/C20H22N4S/c1-16-7-9-18(10-8-16)15-24-14-12-19(23-24)22-20(25)21-13-11-17-5-3-2-4-6-17/h2-10,12,14H,11,13,15H2,1H3,(H2,21,22,23,25). The van der Waals surface area contributed by atoms with Crippen molar-refractivity contribution in [3.05, 3.63) is 83.6 Å². The van der Waals surface area contributed by atoms with Crippen LogP contribution in [0.25, 0.3) is 0 Å². The summed E-state index contributed by atoms with van der Waals surface area (Å²) < 4.78 is 1.90. The first kappa shape index (κ1) is 17.2. The van der Waals surface area contributed by atoms with Gasteiger partial charge in [-0.15, -0.1) is 0 Å². The molecule has 128 valence electrons. The number of anilines is 1. The predicted octanol–water partition coefficient (Wildman–Crippen LogP) is 3.77. The van der Waals surface area contributed by atoms with Gasteiger partial charge in [0.25, 0.3) is 0 Å². The maximum absolute atomic E-state index is 5.33. The van der Waals surface area contributed by atoms with Crippen molar-refractivity contribution in [2.24, 2.45) is 0 Å². The van der Waals surface area contributed by atoms with Gasteiger partial charge in [0.1, 0.15) is 0 Å². The predicted molar refractivity (Wildman–Crippen MR) is 107 cm³/mol. The molecule has 0 atom stereocenters. The number of hydrogen-bond donors (Lipinski definition) is 2. The van der Waals surface area contributed by atoms with Crippen LogP contribution in [0.2, 0.25) is 0 Å². The number of nitrogens with zero attached hydrogens (tertiary/aromatic N) is 2. The summed E-state index contributed by atoms with van der Waals surface area (Å²) in [6.45, 7) is 3.63. The quantitative estimate of drug-likeness (QED) is 0.664. The minimum absolute atomic E-state index is 0.594. The van der Waals surface area contributed by atoms with E-state index in [1.54, 1.807) is 0 Å². The molecule has 0 radical (unpaired) electrons. The third-order valence-electron chi connectivity index (χ3n) is 3.89. The second-order valence-electron chi connectivity index (χ2n) is 6.00. The van der Waals surface area contributed by atoms with Crippen molar-refractivity contribution >= 4 is 23.1 Å². The van der Waals surface area contributed by atoms with Crippen LogP contribution in [-0.2, 0) is 13.0 Å². The van der Waals surface area contributed by atoms with Crippen molar-refractivity contribution in [1.82, 2.24) is 15.1 Å². The Morgan fingerprint density at radius 3 is 2.52 bits per heavy atom. The summed E-state index contributed by atoms with van der Waals surface area (Å²) in [5.74, 6) is 0.754. The lowest BCUT2D eigenvalue weighted by atomic mass is 10.1. The molecule has 0 saturated heterocycles. The molecule has 0 spiro atoms. The van der Waals surface area contributed by atoms with E-state index in [1.807, 2.05) is 35.1 Å². The highest BCUT2D eigenvalue weighted by molar-refractivity contribution is 7.80. The average molecular weight is 350 g/mol. The lowest BCUT2D eigenvalue weighted by Gasteiger charge is -2.08. The van der Waals surface area contributed by atoms with E-state index in [0.29, 0.717) is 5.11 Å². The summed E-state index contributed by atoms with van der Waals surface area (Å²) >= 11 is 5.33. The zero-order valence-electron chi connectivity index (χ0n) is 14.3. The number of hydrogen-bond acceptors (Lipinski definition) is 2. The van der Waals surface area contributed by atoms with Gasteiger partial charge in [0.2, 0.25) is 0 Å². The van der Waals surface area contributed by atoms with E-state index < -0.39 is 0 Å². The Morgan fingerprint density at radius 2 is 1.76 bits per heavy atom.